The summed E-state index contributed by atoms with van der Waals surface area (Å²) >= 11 is 0. The Morgan fingerprint density at radius 1 is 0.535 bits per heavy atom. The van der Waals surface area contributed by atoms with Gasteiger partial charge in [0.15, 0.2) is 0 Å². The molecule has 0 amide bonds. The van der Waals surface area contributed by atoms with Crippen LogP contribution in [0, 0.1) is 82.9 Å². The topological polar surface area (TPSA) is 35.5 Å². The highest BCUT2D eigenvalue weighted by atomic mass is 16.7. The van der Waals surface area contributed by atoms with Gasteiger partial charge in [-0.25, -0.2) is 0 Å². The smallest absolute Gasteiger partial charge is 0.403 e. The summed E-state index contributed by atoms with van der Waals surface area (Å²) in [5, 5.41) is 0. The lowest BCUT2D eigenvalue weighted by molar-refractivity contribution is -0.124. The average molecular weight is 597 g/mol. The molecule has 5 aliphatic rings. The average Bonchev–Trinajstić information content (AvgIpc) is 3.13. The first-order valence-corrected chi connectivity index (χ1v) is 18.9. The van der Waals surface area contributed by atoms with Crippen molar-refractivity contribution in [3.63, 3.8) is 0 Å². The summed E-state index contributed by atoms with van der Waals surface area (Å²) in [5.74, 6) is 11.8. The zero-order valence-electron chi connectivity index (χ0n) is 30.3. The van der Waals surface area contributed by atoms with E-state index in [1.165, 1.54) is 51.4 Å². The van der Waals surface area contributed by atoms with Gasteiger partial charge in [-0.15, -0.1) is 0 Å². The molecule has 0 bridgehead atoms. The van der Waals surface area contributed by atoms with Crippen LogP contribution in [0.1, 0.15) is 141 Å². The van der Waals surface area contributed by atoms with Gasteiger partial charge >= 0.3 is 7.12 Å². The number of hydrogen-bond donors (Lipinski definition) is 0. The van der Waals surface area contributed by atoms with E-state index in [0.29, 0.717) is 29.4 Å². The molecule has 1 heterocycles. The van der Waals surface area contributed by atoms with Gasteiger partial charge in [0.1, 0.15) is 5.78 Å². The molecule has 15 unspecified atom stereocenters. The van der Waals surface area contributed by atoms with Crippen LogP contribution in [0.5, 0.6) is 0 Å². The molecule has 5 rings (SSSR count). The molecule has 0 aromatic carbocycles. The summed E-state index contributed by atoms with van der Waals surface area (Å²) in [4.78, 5) is 12.1. The third kappa shape index (κ3) is 6.60. The van der Waals surface area contributed by atoms with E-state index in [4.69, 9.17) is 9.31 Å². The Hall–Kier alpha value is -0.345. The molecule has 246 valence electrons. The van der Waals surface area contributed by atoms with Crippen molar-refractivity contribution in [2.45, 2.75) is 158 Å². The lowest BCUT2D eigenvalue weighted by Crippen LogP contribution is -2.45. The van der Waals surface area contributed by atoms with E-state index in [-0.39, 0.29) is 18.3 Å². The van der Waals surface area contributed by atoms with E-state index < -0.39 is 0 Å². The fourth-order valence-electron chi connectivity index (χ4n) is 11.9. The molecule has 15 atom stereocenters. The van der Waals surface area contributed by atoms with E-state index in [2.05, 4.69) is 76.2 Å². The molecule has 1 aliphatic heterocycles. The van der Waals surface area contributed by atoms with E-state index in [1.54, 1.807) is 0 Å². The molecule has 0 aromatic rings. The number of carbonyl (C=O) groups is 1. The van der Waals surface area contributed by atoms with Crippen LogP contribution in [0.15, 0.2) is 0 Å². The molecular formula is C39H69BO3. The predicted octanol–water partition coefficient (Wildman–Crippen LogP) is 10.4. The van der Waals surface area contributed by atoms with E-state index in [1.807, 2.05) is 6.92 Å². The van der Waals surface area contributed by atoms with Gasteiger partial charge in [-0.3, -0.25) is 4.79 Å². The van der Waals surface area contributed by atoms with Gasteiger partial charge in [0.25, 0.3) is 0 Å². The summed E-state index contributed by atoms with van der Waals surface area (Å²) in [5.41, 5.74) is -0.470. The third-order valence-corrected chi connectivity index (χ3v) is 15.3. The Balaban J connectivity index is 1.18. The summed E-state index contributed by atoms with van der Waals surface area (Å²) in [7, 11) is -0.0542. The fraction of sp³-hybridized carbons (Fsp3) is 0.974. The fourth-order valence-corrected chi connectivity index (χ4v) is 11.9. The van der Waals surface area contributed by atoms with Gasteiger partial charge in [0.2, 0.25) is 0 Å². The first-order chi connectivity index (χ1) is 20.0. The van der Waals surface area contributed by atoms with E-state index in [0.717, 1.165) is 71.5 Å². The van der Waals surface area contributed by atoms with Crippen molar-refractivity contribution in [3.8, 4) is 0 Å². The quantitative estimate of drug-likeness (QED) is 0.296. The lowest BCUT2D eigenvalue weighted by Gasteiger charge is -2.53. The second-order valence-electron chi connectivity index (χ2n) is 18.7. The molecule has 0 N–H and O–H groups in total. The Labute approximate surface area is 267 Å². The van der Waals surface area contributed by atoms with Crippen molar-refractivity contribution >= 4 is 12.9 Å². The van der Waals surface area contributed by atoms with Crippen molar-refractivity contribution in [3.05, 3.63) is 0 Å². The lowest BCUT2D eigenvalue weighted by atomic mass is 9.50. The zero-order chi connectivity index (χ0) is 31.6. The van der Waals surface area contributed by atoms with Crippen LogP contribution in [0.2, 0.25) is 5.82 Å². The van der Waals surface area contributed by atoms with Crippen LogP contribution in [-0.2, 0) is 14.1 Å². The highest BCUT2D eigenvalue weighted by Crippen LogP contribution is 2.57. The van der Waals surface area contributed by atoms with Crippen LogP contribution in [0.3, 0.4) is 0 Å². The minimum atomic E-state index is -0.235. The van der Waals surface area contributed by atoms with Crippen LogP contribution >= 0.6 is 0 Å². The molecule has 1 saturated heterocycles. The largest absolute Gasteiger partial charge is 0.461 e. The van der Waals surface area contributed by atoms with Gasteiger partial charge in [-0.05, 0) is 175 Å². The maximum atomic E-state index is 12.1. The van der Waals surface area contributed by atoms with Crippen LogP contribution in [0.25, 0.3) is 0 Å². The second-order valence-corrected chi connectivity index (χ2v) is 18.7. The standard InChI is InChI=1S/C39H69BO3/c1-22-15-30(13-14-31(22)29(8)41)32-16-24(3)33(17-23(32)2)34-18-26(5)35(19-25(34)4)36-20-28(7)37(21-27(36)6)40-42-38(9,10)39(11,12)43-40/h22-28,30-37H,13-21H2,1-12H3. The number of ketones is 1. The number of hydrogen-bond acceptors (Lipinski definition) is 3. The maximum absolute atomic E-state index is 12.1. The molecule has 0 radical (unpaired) electrons. The van der Waals surface area contributed by atoms with Gasteiger partial charge in [0.05, 0.1) is 11.2 Å². The predicted molar refractivity (Wildman–Crippen MR) is 181 cm³/mol. The van der Waals surface area contributed by atoms with Gasteiger partial charge in [0, 0.05) is 5.92 Å². The van der Waals surface area contributed by atoms with Gasteiger partial charge < -0.3 is 9.31 Å². The molecule has 5 fully saturated rings. The van der Waals surface area contributed by atoms with Crippen LogP contribution in [-0.4, -0.2) is 24.1 Å². The highest BCUT2D eigenvalue weighted by molar-refractivity contribution is 6.47. The summed E-state index contributed by atoms with van der Waals surface area (Å²) in [6, 6.07) is 0. The zero-order valence-corrected chi connectivity index (χ0v) is 30.3. The van der Waals surface area contributed by atoms with Gasteiger partial charge in [-0.1, -0.05) is 48.5 Å². The van der Waals surface area contributed by atoms with Crippen molar-refractivity contribution in [1.29, 1.82) is 0 Å². The normalized spacial score (nSPS) is 50.4. The monoisotopic (exact) mass is 597 g/mol. The molecule has 3 nitrogen and oxygen atoms in total. The van der Waals surface area contributed by atoms with Crippen molar-refractivity contribution in [2.24, 2.45) is 82.9 Å². The van der Waals surface area contributed by atoms with Gasteiger partial charge in [-0.2, -0.15) is 0 Å². The third-order valence-electron chi connectivity index (χ3n) is 15.3. The minimum absolute atomic E-state index is 0.0542. The Kier molecular flexibility index (Phi) is 10.0. The Bertz CT molecular complexity index is 960. The SMILES string of the molecule is CC(=O)C1CCC(C2CC(C)C(C3CC(C)C(C4CC(C)C(B5OC(C)(C)C(C)(C)O5)CC4C)CC3C)CC2C)CC1C. The first kappa shape index (κ1) is 34.0. The number of Topliss-reactive ketones (excluding diaryl/α,β-unsaturated/α-hetero) is 1. The van der Waals surface area contributed by atoms with Crippen molar-refractivity contribution < 1.29 is 14.1 Å². The Morgan fingerprint density at radius 2 is 0.930 bits per heavy atom. The minimum Gasteiger partial charge on any atom is -0.403 e. The maximum Gasteiger partial charge on any atom is 0.461 e. The molecule has 43 heavy (non-hydrogen) atoms. The summed E-state index contributed by atoms with van der Waals surface area (Å²) in [6.45, 7) is 28.5. The summed E-state index contributed by atoms with van der Waals surface area (Å²) < 4.78 is 13.1. The molecule has 0 aromatic heterocycles. The molecule has 4 aliphatic carbocycles. The Morgan fingerprint density at radius 3 is 1.37 bits per heavy atom. The van der Waals surface area contributed by atoms with Crippen molar-refractivity contribution in [2.75, 3.05) is 0 Å². The van der Waals surface area contributed by atoms with E-state index in [9.17, 15) is 4.79 Å². The van der Waals surface area contributed by atoms with Crippen LogP contribution in [0.4, 0.5) is 0 Å². The molecule has 4 saturated carbocycles. The summed E-state index contributed by atoms with van der Waals surface area (Å²) in [6.07, 6.45) is 12.0. The highest BCUT2D eigenvalue weighted by Gasteiger charge is 2.56. The van der Waals surface area contributed by atoms with E-state index >= 15 is 0 Å². The first-order valence-electron chi connectivity index (χ1n) is 18.9. The second kappa shape index (κ2) is 12.7. The van der Waals surface area contributed by atoms with Crippen LogP contribution < -0.4 is 0 Å². The number of carbonyl (C=O) groups excluding carboxylic acids is 1. The molecule has 0 spiro atoms. The molecule has 4 heteroatoms. The molecular weight excluding hydrogens is 527 g/mol. The number of rotatable bonds is 5. The van der Waals surface area contributed by atoms with Crippen molar-refractivity contribution in [1.82, 2.24) is 0 Å².